The van der Waals surface area contributed by atoms with Gasteiger partial charge in [-0.3, -0.25) is 9.36 Å². The third-order valence-corrected chi connectivity index (χ3v) is 9.00. The number of nitrogens with zero attached hydrogens (tertiary/aromatic N) is 3. The number of aryl methyl sites for hydroxylation is 1. The number of aromatic nitrogens is 2. The fourth-order valence-electron chi connectivity index (χ4n) is 5.28. The van der Waals surface area contributed by atoms with Gasteiger partial charge in [0.1, 0.15) is 10.7 Å². The van der Waals surface area contributed by atoms with E-state index in [1.54, 1.807) is 60.4 Å². The van der Waals surface area contributed by atoms with Crippen molar-refractivity contribution in [3.63, 3.8) is 0 Å². The Morgan fingerprint density at radius 1 is 1.07 bits per heavy atom. The largest absolute Gasteiger partial charge is 0.425 e. The summed E-state index contributed by atoms with van der Waals surface area (Å²) in [6.45, 7) is 8.35. The van der Waals surface area contributed by atoms with Crippen LogP contribution in [0.1, 0.15) is 97.2 Å². The molecular formula is C34H38F5N3OS. The summed E-state index contributed by atoms with van der Waals surface area (Å²) >= 11 is 0.655. The second kappa shape index (κ2) is 14.1. The molecule has 1 saturated heterocycles. The van der Waals surface area contributed by atoms with Crippen LogP contribution in [-0.2, 0) is 6.18 Å². The van der Waals surface area contributed by atoms with Crippen molar-refractivity contribution < 1.29 is 26.7 Å². The third-order valence-electron chi connectivity index (χ3n) is 8.02. The number of para-hydroxylation sites is 2. The van der Waals surface area contributed by atoms with Crippen LogP contribution in [0.5, 0.6) is 0 Å². The van der Waals surface area contributed by atoms with Gasteiger partial charge in [-0.1, -0.05) is 51.5 Å². The van der Waals surface area contributed by atoms with Gasteiger partial charge in [0.2, 0.25) is 0 Å². The molecule has 0 spiro atoms. The van der Waals surface area contributed by atoms with Gasteiger partial charge in [0.05, 0.1) is 11.0 Å². The van der Waals surface area contributed by atoms with Crippen LogP contribution >= 0.6 is 11.3 Å². The van der Waals surface area contributed by atoms with E-state index in [9.17, 15) is 26.7 Å². The molecule has 3 heterocycles. The van der Waals surface area contributed by atoms with Gasteiger partial charge in [0.15, 0.2) is 0 Å². The lowest BCUT2D eigenvalue weighted by Crippen LogP contribution is -2.38. The molecule has 4 nitrogen and oxygen atoms in total. The molecule has 0 saturated carbocycles. The first kappa shape index (κ1) is 33.4. The summed E-state index contributed by atoms with van der Waals surface area (Å²) in [4.78, 5) is 18.8. The van der Waals surface area contributed by atoms with Crippen molar-refractivity contribution in [2.45, 2.75) is 72.5 Å². The van der Waals surface area contributed by atoms with Gasteiger partial charge in [-0.05, 0) is 90.6 Å². The number of likely N-dealkylation sites (tertiary alicyclic amines) is 1. The number of carbonyl (C=O) groups is 1. The van der Waals surface area contributed by atoms with E-state index in [-0.39, 0.29) is 11.8 Å². The Balaban J connectivity index is 0.000000818. The van der Waals surface area contributed by atoms with E-state index in [0.717, 1.165) is 27.7 Å². The van der Waals surface area contributed by atoms with Crippen LogP contribution < -0.4 is 0 Å². The van der Waals surface area contributed by atoms with Crippen LogP contribution in [0.4, 0.5) is 22.0 Å². The number of piperidine rings is 1. The van der Waals surface area contributed by atoms with Gasteiger partial charge in [-0.25, -0.2) is 4.98 Å². The minimum atomic E-state index is -4.40. The maximum Gasteiger partial charge on any atom is 0.425 e. The lowest BCUT2D eigenvalue weighted by molar-refractivity contribution is -0.134. The summed E-state index contributed by atoms with van der Waals surface area (Å²) in [5, 5.41) is 1.49. The molecule has 10 heteroatoms. The minimum Gasteiger partial charge on any atom is -0.339 e. The lowest BCUT2D eigenvalue weighted by atomic mass is 9.93. The average Bonchev–Trinajstić information content (AvgIpc) is 3.64. The molecule has 0 N–H and O–H groups in total. The van der Waals surface area contributed by atoms with Crippen molar-refractivity contribution in [1.29, 1.82) is 0 Å². The number of amides is 1. The van der Waals surface area contributed by atoms with Crippen LogP contribution in [-0.4, -0.2) is 33.4 Å². The van der Waals surface area contributed by atoms with Crippen molar-refractivity contribution >= 4 is 33.9 Å². The zero-order chi connectivity index (χ0) is 32.2. The Hall–Kier alpha value is -3.53. The number of alkyl halides is 5. The quantitative estimate of drug-likeness (QED) is 0.199. The fraction of sp³-hybridized carbons (Fsp3) is 0.412. The molecule has 44 heavy (non-hydrogen) atoms. The number of fused-ring (bicyclic) bond motifs is 1. The summed E-state index contributed by atoms with van der Waals surface area (Å²) in [6.07, 6.45) is -0.293. The molecule has 0 atom stereocenters. The Kier molecular flexibility index (Phi) is 10.7. The highest BCUT2D eigenvalue weighted by Crippen LogP contribution is 2.38. The van der Waals surface area contributed by atoms with Crippen LogP contribution in [0.3, 0.4) is 0 Å². The maximum absolute atomic E-state index is 13.9. The van der Waals surface area contributed by atoms with Crippen LogP contribution in [0.15, 0.2) is 60.0 Å². The van der Waals surface area contributed by atoms with E-state index in [2.05, 4.69) is 25.8 Å². The number of rotatable bonds is 6. The smallest absolute Gasteiger partial charge is 0.339 e. The van der Waals surface area contributed by atoms with Crippen molar-refractivity contribution in [2.24, 2.45) is 5.92 Å². The molecule has 4 aromatic rings. The van der Waals surface area contributed by atoms with Gasteiger partial charge in [0.25, 0.3) is 5.91 Å². The first-order valence-electron chi connectivity index (χ1n) is 14.8. The molecule has 0 aliphatic carbocycles. The second-order valence-electron chi connectivity index (χ2n) is 11.4. The number of carbonyl (C=O) groups excluding carboxylic acids is 1. The highest BCUT2D eigenvalue weighted by molar-refractivity contribution is 7.10. The van der Waals surface area contributed by atoms with Crippen LogP contribution in [0.2, 0.25) is 0 Å². The Morgan fingerprint density at radius 3 is 2.27 bits per heavy atom. The Bertz CT molecular complexity index is 1610. The van der Waals surface area contributed by atoms with Crippen molar-refractivity contribution in [1.82, 2.24) is 14.5 Å². The van der Waals surface area contributed by atoms with Crippen molar-refractivity contribution in [3.8, 4) is 0 Å². The molecule has 1 aliphatic rings. The van der Waals surface area contributed by atoms with Gasteiger partial charge < -0.3 is 4.90 Å². The first-order chi connectivity index (χ1) is 20.8. The highest BCUT2D eigenvalue weighted by Gasteiger charge is 2.33. The van der Waals surface area contributed by atoms with E-state index in [0.29, 0.717) is 70.8 Å². The zero-order valence-corrected chi connectivity index (χ0v) is 26.4. The molecule has 2 aromatic heterocycles. The molecule has 5 rings (SSSR count). The van der Waals surface area contributed by atoms with Gasteiger partial charge in [0, 0.05) is 24.6 Å². The molecule has 0 unspecified atom stereocenters. The normalized spacial score (nSPS) is 14.8. The number of hydrogen-bond donors (Lipinski definition) is 0. The minimum absolute atomic E-state index is 0.164. The predicted molar refractivity (Wildman–Crippen MR) is 167 cm³/mol. The molecule has 1 amide bonds. The van der Waals surface area contributed by atoms with E-state index < -0.39 is 17.6 Å². The van der Waals surface area contributed by atoms with Crippen LogP contribution in [0.25, 0.3) is 16.6 Å². The number of imidazole rings is 1. The van der Waals surface area contributed by atoms with Gasteiger partial charge >= 0.3 is 12.7 Å². The average molecular weight is 632 g/mol. The highest BCUT2D eigenvalue weighted by atomic mass is 32.1. The van der Waals surface area contributed by atoms with Crippen LogP contribution in [0, 0.1) is 12.8 Å². The van der Waals surface area contributed by atoms with Crippen molar-refractivity contribution in [2.75, 3.05) is 13.1 Å². The topological polar surface area (TPSA) is 38.1 Å². The SMILES string of the molecule is C/C=C(/c1csc(C(F)(F)F)c1)c1ccc(C(=O)N2CCC(c3nc4ccccc4n3C(F)F)CC2)cc1C.CCC(C)C. The zero-order valence-electron chi connectivity index (χ0n) is 25.6. The number of benzene rings is 2. The third kappa shape index (κ3) is 7.39. The number of thiophene rings is 1. The summed E-state index contributed by atoms with van der Waals surface area (Å²) < 4.78 is 68.1. The van der Waals surface area contributed by atoms with Gasteiger partial charge in [-0.2, -0.15) is 22.0 Å². The first-order valence-corrected chi connectivity index (χ1v) is 15.7. The van der Waals surface area contributed by atoms with E-state index in [1.165, 1.54) is 11.8 Å². The molecule has 236 valence electrons. The molecular weight excluding hydrogens is 593 g/mol. The predicted octanol–water partition coefficient (Wildman–Crippen LogP) is 10.3. The van der Waals surface area contributed by atoms with Gasteiger partial charge in [-0.15, -0.1) is 11.3 Å². The van der Waals surface area contributed by atoms with Crippen molar-refractivity contribution in [3.05, 3.63) is 92.9 Å². The Morgan fingerprint density at radius 2 is 1.73 bits per heavy atom. The molecule has 0 radical (unpaired) electrons. The molecule has 2 aromatic carbocycles. The number of allylic oxidation sites excluding steroid dienone is 1. The lowest BCUT2D eigenvalue weighted by Gasteiger charge is -2.32. The summed E-state index contributed by atoms with van der Waals surface area (Å²) in [5.74, 6) is 0.876. The van der Waals surface area contributed by atoms with E-state index in [4.69, 9.17) is 0 Å². The standard InChI is InChI=1S/C29H26F5N3OS.C5H12/c1-3-21(20-15-25(39-16-20)29(32,33)34)22-9-8-19(14-17(22)2)27(38)36-12-10-18(11-13-36)26-35-23-6-4-5-7-24(23)37(26)28(30)31;1-4-5(2)3/h3-9,14-16,18,28H,10-13H2,1-2H3;5H,4H2,1-3H3/b21-3-;. The summed E-state index contributed by atoms with van der Waals surface area (Å²) in [6, 6.07) is 13.2. The van der Waals surface area contributed by atoms with E-state index >= 15 is 0 Å². The fourth-order valence-corrected chi connectivity index (χ4v) is 6.06. The number of halogens is 5. The number of hydrogen-bond acceptors (Lipinski definition) is 3. The van der Waals surface area contributed by atoms with E-state index in [1.807, 2.05) is 6.92 Å². The Labute approximate surface area is 259 Å². The molecule has 0 bridgehead atoms. The summed E-state index contributed by atoms with van der Waals surface area (Å²) in [5.41, 5.74) is 4.08. The summed E-state index contributed by atoms with van der Waals surface area (Å²) in [7, 11) is 0. The molecule has 1 aliphatic heterocycles. The molecule has 1 fully saturated rings. The second-order valence-corrected chi connectivity index (χ2v) is 12.3. The maximum atomic E-state index is 13.9. The monoisotopic (exact) mass is 631 g/mol.